The predicted octanol–water partition coefficient (Wildman–Crippen LogP) is 1.03. The molecule has 0 aliphatic carbocycles. The Morgan fingerprint density at radius 1 is 1.50 bits per heavy atom. The first kappa shape index (κ1) is 7.09. The fourth-order valence-corrected chi connectivity index (χ4v) is 1.18. The average molecular weight is 162 g/mol. The summed E-state index contributed by atoms with van der Waals surface area (Å²) in [6, 6.07) is 0. The number of nitrogens with zero attached hydrogens (tertiary/aromatic N) is 3. The molecule has 0 aromatic carbocycles. The zero-order valence-electron chi connectivity index (χ0n) is 6.86. The number of fused-ring (bicyclic) bond motifs is 1. The third kappa shape index (κ3) is 0.922. The number of aromatic nitrogens is 3. The summed E-state index contributed by atoms with van der Waals surface area (Å²) >= 11 is 0. The number of hydrogen-bond donors (Lipinski definition) is 1. The van der Waals surface area contributed by atoms with Crippen LogP contribution in [0.1, 0.15) is 6.92 Å². The van der Waals surface area contributed by atoms with Crippen LogP contribution in [0.5, 0.6) is 0 Å². The van der Waals surface area contributed by atoms with Gasteiger partial charge in [-0.05, 0) is 6.92 Å². The van der Waals surface area contributed by atoms with Gasteiger partial charge >= 0.3 is 0 Å². The van der Waals surface area contributed by atoms with Crippen molar-refractivity contribution in [3.8, 4) is 0 Å². The summed E-state index contributed by atoms with van der Waals surface area (Å²) in [5.41, 5.74) is 7.16. The highest BCUT2D eigenvalue weighted by atomic mass is 15.3. The molecule has 2 aromatic rings. The number of aryl methyl sites for hydroxylation is 1. The van der Waals surface area contributed by atoms with E-state index in [1.54, 1.807) is 12.4 Å². The van der Waals surface area contributed by atoms with E-state index in [0.29, 0.717) is 5.69 Å². The highest BCUT2D eigenvalue weighted by molar-refractivity contribution is 5.87. The SMILES string of the molecule is CCn1cc2cncc(N)c2n1. The maximum Gasteiger partial charge on any atom is 0.118 e. The Bertz CT molecular complexity index is 404. The van der Waals surface area contributed by atoms with Crippen molar-refractivity contribution in [1.82, 2.24) is 14.8 Å². The first-order valence-corrected chi connectivity index (χ1v) is 3.88. The Hall–Kier alpha value is -1.58. The lowest BCUT2D eigenvalue weighted by atomic mass is 10.3. The zero-order valence-corrected chi connectivity index (χ0v) is 6.86. The number of rotatable bonds is 1. The van der Waals surface area contributed by atoms with Gasteiger partial charge < -0.3 is 5.73 Å². The van der Waals surface area contributed by atoms with E-state index in [9.17, 15) is 0 Å². The van der Waals surface area contributed by atoms with Crippen molar-refractivity contribution in [2.45, 2.75) is 13.5 Å². The number of nitrogens with two attached hydrogens (primary N) is 1. The Morgan fingerprint density at radius 2 is 2.33 bits per heavy atom. The van der Waals surface area contributed by atoms with Crippen LogP contribution < -0.4 is 5.73 Å². The van der Waals surface area contributed by atoms with E-state index in [1.165, 1.54) is 0 Å². The van der Waals surface area contributed by atoms with Crippen LogP contribution in [0.15, 0.2) is 18.6 Å². The van der Waals surface area contributed by atoms with Gasteiger partial charge in [-0.2, -0.15) is 5.10 Å². The molecule has 4 nitrogen and oxygen atoms in total. The summed E-state index contributed by atoms with van der Waals surface area (Å²) < 4.78 is 1.85. The molecule has 0 radical (unpaired) electrons. The van der Waals surface area contributed by atoms with Gasteiger partial charge in [-0.3, -0.25) is 9.67 Å². The number of nitrogen functional groups attached to an aromatic ring is 1. The minimum absolute atomic E-state index is 0.639. The molecule has 2 rings (SSSR count). The fraction of sp³-hybridized carbons (Fsp3) is 0.250. The van der Waals surface area contributed by atoms with E-state index in [1.807, 2.05) is 17.8 Å². The van der Waals surface area contributed by atoms with Gasteiger partial charge in [0.15, 0.2) is 0 Å². The molecule has 2 N–H and O–H groups in total. The Labute approximate surface area is 70.0 Å². The van der Waals surface area contributed by atoms with Gasteiger partial charge in [0.1, 0.15) is 5.52 Å². The van der Waals surface area contributed by atoms with Crippen LogP contribution in [-0.2, 0) is 6.54 Å². The zero-order chi connectivity index (χ0) is 8.55. The number of hydrogen-bond acceptors (Lipinski definition) is 3. The van der Waals surface area contributed by atoms with Gasteiger partial charge in [0, 0.05) is 24.3 Å². The van der Waals surface area contributed by atoms with Crippen LogP contribution in [0, 0.1) is 0 Å². The van der Waals surface area contributed by atoms with Gasteiger partial charge in [0.2, 0.25) is 0 Å². The number of pyridine rings is 1. The Kier molecular flexibility index (Phi) is 1.46. The topological polar surface area (TPSA) is 56.7 Å². The van der Waals surface area contributed by atoms with E-state index in [0.717, 1.165) is 17.4 Å². The largest absolute Gasteiger partial charge is 0.396 e. The molecular weight excluding hydrogens is 152 g/mol. The summed E-state index contributed by atoms with van der Waals surface area (Å²) in [7, 11) is 0. The Morgan fingerprint density at radius 3 is 3.00 bits per heavy atom. The van der Waals surface area contributed by atoms with E-state index in [2.05, 4.69) is 10.1 Å². The maximum atomic E-state index is 5.69. The molecule has 0 aliphatic rings. The van der Waals surface area contributed by atoms with Crippen LogP contribution >= 0.6 is 0 Å². The van der Waals surface area contributed by atoms with Gasteiger partial charge in [0.05, 0.1) is 11.9 Å². The lowest BCUT2D eigenvalue weighted by molar-refractivity contribution is 0.668. The second kappa shape index (κ2) is 2.48. The second-order valence-electron chi connectivity index (χ2n) is 2.65. The first-order valence-electron chi connectivity index (χ1n) is 3.88. The van der Waals surface area contributed by atoms with E-state index in [4.69, 9.17) is 5.73 Å². The van der Waals surface area contributed by atoms with E-state index >= 15 is 0 Å². The third-order valence-corrected chi connectivity index (χ3v) is 1.81. The van der Waals surface area contributed by atoms with Gasteiger partial charge in [-0.1, -0.05) is 0 Å². The van der Waals surface area contributed by atoms with Crippen LogP contribution in [0.3, 0.4) is 0 Å². The molecule has 0 fully saturated rings. The van der Waals surface area contributed by atoms with Crippen LogP contribution in [0.25, 0.3) is 10.9 Å². The molecule has 12 heavy (non-hydrogen) atoms. The monoisotopic (exact) mass is 162 g/mol. The molecule has 0 amide bonds. The Balaban J connectivity index is 2.74. The van der Waals surface area contributed by atoms with E-state index in [-0.39, 0.29) is 0 Å². The summed E-state index contributed by atoms with van der Waals surface area (Å²) in [6.45, 7) is 2.89. The van der Waals surface area contributed by atoms with Gasteiger partial charge in [-0.25, -0.2) is 0 Å². The summed E-state index contributed by atoms with van der Waals surface area (Å²) in [4.78, 5) is 3.98. The maximum absolute atomic E-state index is 5.69. The lowest BCUT2D eigenvalue weighted by Crippen LogP contribution is -1.93. The first-order chi connectivity index (χ1) is 5.81. The molecule has 2 aromatic heterocycles. The van der Waals surface area contributed by atoms with Crippen LogP contribution in [-0.4, -0.2) is 14.8 Å². The molecule has 4 heteroatoms. The van der Waals surface area contributed by atoms with Crippen molar-refractivity contribution in [3.05, 3.63) is 18.6 Å². The molecular formula is C8H10N4. The molecule has 0 saturated heterocycles. The van der Waals surface area contributed by atoms with Crippen molar-refractivity contribution in [2.75, 3.05) is 5.73 Å². The normalized spacial score (nSPS) is 10.8. The summed E-state index contributed by atoms with van der Waals surface area (Å²) in [5, 5.41) is 5.28. The number of anilines is 1. The lowest BCUT2D eigenvalue weighted by Gasteiger charge is -1.91. The minimum atomic E-state index is 0.639. The highest BCUT2D eigenvalue weighted by Gasteiger charge is 2.01. The molecule has 62 valence electrons. The van der Waals surface area contributed by atoms with E-state index < -0.39 is 0 Å². The van der Waals surface area contributed by atoms with Crippen molar-refractivity contribution in [2.24, 2.45) is 0 Å². The summed E-state index contributed by atoms with van der Waals surface area (Å²) in [6.07, 6.45) is 5.33. The standard InChI is InChI=1S/C8H10N4/c1-2-12-5-6-3-10-4-7(9)8(6)11-12/h3-5H,2,9H2,1H3. The molecule has 0 aliphatic heterocycles. The summed E-state index contributed by atoms with van der Waals surface area (Å²) in [5.74, 6) is 0. The molecule has 0 spiro atoms. The molecule has 0 saturated carbocycles. The van der Waals surface area contributed by atoms with Gasteiger partial charge in [-0.15, -0.1) is 0 Å². The van der Waals surface area contributed by atoms with Crippen molar-refractivity contribution in [3.63, 3.8) is 0 Å². The fourth-order valence-electron chi connectivity index (χ4n) is 1.18. The molecule has 0 unspecified atom stereocenters. The quantitative estimate of drug-likeness (QED) is 0.681. The molecule has 0 bridgehead atoms. The molecule has 0 atom stereocenters. The van der Waals surface area contributed by atoms with Crippen molar-refractivity contribution < 1.29 is 0 Å². The van der Waals surface area contributed by atoms with Crippen LogP contribution in [0.4, 0.5) is 5.69 Å². The highest BCUT2D eigenvalue weighted by Crippen LogP contribution is 2.16. The predicted molar refractivity (Wildman–Crippen MR) is 47.6 cm³/mol. The van der Waals surface area contributed by atoms with Crippen molar-refractivity contribution in [1.29, 1.82) is 0 Å². The van der Waals surface area contributed by atoms with Crippen molar-refractivity contribution >= 4 is 16.6 Å². The van der Waals surface area contributed by atoms with Gasteiger partial charge in [0.25, 0.3) is 0 Å². The smallest absolute Gasteiger partial charge is 0.118 e. The average Bonchev–Trinajstić information content (AvgIpc) is 2.49. The molecule has 2 heterocycles. The second-order valence-corrected chi connectivity index (χ2v) is 2.65. The van der Waals surface area contributed by atoms with Crippen LogP contribution in [0.2, 0.25) is 0 Å². The third-order valence-electron chi connectivity index (χ3n) is 1.81. The minimum Gasteiger partial charge on any atom is -0.396 e.